The van der Waals surface area contributed by atoms with Crippen molar-refractivity contribution in [1.82, 2.24) is 0 Å². The van der Waals surface area contributed by atoms with Crippen molar-refractivity contribution >= 4 is 38.9 Å². The fourth-order valence-corrected chi connectivity index (χ4v) is 2.51. The third-order valence-electron chi connectivity index (χ3n) is 2.98. The van der Waals surface area contributed by atoms with E-state index in [4.69, 9.17) is 11.6 Å². The fourth-order valence-electron chi connectivity index (χ4n) is 1.93. The molecule has 0 bridgehead atoms. The summed E-state index contributed by atoms with van der Waals surface area (Å²) in [6.45, 7) is 0.520. The lowest BCUT2D eigenvalue weighted by molar-refractivity contribution is 0.465. The Morgan fingerprint density at radius 2 is 2.00 bits per heavy atom. The van der Waals surface area contributed by atoms with Gasteiger partial charge in [-0.3, -0.25) is 0 Å². The van der Waals surface area contributed by atoms with Gasteiger partial charge in [-0.25, -0.2) is 0 Å². The van der Waals surface area contributed by atoms with Crippen LogP contribution in [0.15, 0.2) is 40.9 Å². The van der Waals surface area contributed by atoms with Gasteiger partial charge in [0.15, 0.2) is 0 Å². The summed E-state index contributed by atoms with van der Waals surface area (Å²) in [5.74, 6) is 0.258. The van der Waals surface area contributed by atoms with Crippen molar-refractivity contribution in [3.63, 3.8) is 0 Å². The number of para-hydroxylation sites is 1. The van der Waals surface area contributed by atoms with Crippen LogP contribution in [0, 0.1) is 0 Å². The van der Waals surface area contributed by atoms with Crippen LogP contribution in [-0.2, 0) is 6.54 Å². The molecule has 2 aromatic carbocycles. The zero-order valence-electron chi connectivity index (χ0n) is 11.3. The standard InChI is InChI=1S/C15H16BrClN2O/c1-19(2)14-7-6-11(17)8-13(14)18-9-10-4-3-5-12(16)15(10)20/h3-8,18,20H,9H2,1-2H3. The quantitative estimate of drug-likeness (QED) is 0.848. The highest BCUT2D eigenvalue weighted by Crippen LogP contribution is 2.31. The minimum absolute atomic E-state index is 0.258. The van der Waals surface area contributed by atoms with Crippen LogP contribution in [0.1, 0.15) is 5.56 Å². The van der Waals surface area contributed by atoms with E-state index in [1.165, 1.54) is 0 Å². The second kappa shape index (κ2) is 6.37. The minimum Gasteiger partial charge on any atom is -0.506 e. The average Bonchev–Trinajstić information content (AvgIpc) is 2.40. The van der Waals surface area contributed by atoms with Crippen molar-refractivity contribution in [3.8, 4) is 5.75 Å². The van der Waals surface area contributed by atoms with Gasteiger partial charge < -0.3 is 15.3 Å². The molecule has 0 amide bonds. The molecule has 0 aliphatic rings. The molecule has 0 unspecified atom stereocenters. The molecule has 0 aliphatic carbocycles. The maximum absolute atomic E-state index is 9.99. The number of nitrogens with one attached hydrogen (secondary N) is 1. The summed E-state index contributed by atoms with van der Waals surface area (Å²) in [6.07, 6.45) is 0. The van der Waals surface area contributed by atoms with Gasteiger partial charge in [-0.1, -0.05) is 23.7 Å². The Balaban J connectivity index is 2.22. The molecule has 2 aromatic rings. The summed E-state index contributed by atoms with van der Waals surface area (Å²) in [7, 11) is 3.95. The van der Waals surface area contributed by atoms with Crippen LogP contribution in [0.5, 0.6) is 5.75 Å². The van der Waals surface area contributed by atoms with E-state index in [0.717, 1.165) is 16.9 Å². The Morgan fingerprint density at radius 3 is 2.70 bits per heavy atom. The number of hydrogen-bond donors (Lipinski definition) is 2. The molecule has 20 heavy (non-hydrogen) atoms. The van der Waals surface area contributed by atoms with E-state index in [1.807, 2.05) is 55.4 Å². The number of hydrogen-bond acceptors (Lipinski definition) is 3. The molecule has 0 atom stereocenters. The highest BCUT2D eigenvalue weighted by Gasteiger charge is 2.08. The first-order valence-electron chi connectivity index (χ1n) is 6.16. The van der Waals surface area contributed by atoms with Gasteiger partial charge in [0.2, 0.25) is 0 Å². The molecule has 0 aliphatic heterocycles. The van der Waals surface area contributed by atoms with Crippen molar-refractivity contribution in [2.45, 2.75) is 6.54 Å². The summed E-state index contributed by atoms with van der Waals surface area (Å²) in [6, 6.07) is 11.3. The van der Waals surface area contributed by atoms with Crippen molar-refractivity contribution in [2.24, 2.45) is 0 Å². The zero-order chi connectivity index (χ0) is 14.7. The second-order valence-corrected chi connectivity index (χ2v) is 5.95. The second-order valence-electron chi connectivity index (χ2n) is 4.66. The van der Waals surface area contributed by atoms with Crippen LogP contribution < -0.4 is 10.2 Å². The van der Waals surface area contributed by atoms with Crippen molar-refractivity contribution in [2.75, 3.05) is 24.3 Å². The topological polar surface area (TPSA) is 35.5 Å². The molecule has 0 saturated carbocycles. The third-order valence-corrected chi connectivity index (χ3v) is 3.86. The fraction of sp³-hybridized carbons (Fsp3) is 0.200. The molecular weight excluding hydrogens is 340 g/mol. The molecule has 0 spiro atoms. The van der Waals surface area contributed by atoms with Gasteiger partial charge in [0.1, 0.15) is 5.75 Å². The molecule has 106 valence electrons. The maximum Gasteiger partial charge on any atom is 0.134 e. The van der Waals surface area contributed by atoms with Crippen LogP contribution >= 0.6 is 27.5 Å². The molecule has 5 heteroatoms. The normalized spacial score (nSPS) is 10.4. The van der Waals surface area contributed by atoms with Gasteiger partial charge in [-0.2, -0.15) is 0 Å². The lowest BCUT2D eigenvalue weighted by atomic mass is 10.2. The largest absolute Gasteiger partial charge is 0.506 e. The Labute approximate surface area is 132 Å². The number of halogens is 2. The van der Waals surface area contributed by atoms with Crippen LogP contribution in [0.2, 0.25) is 5.02 Å². The Hall–Kier alpha value is -1.39. The Bertz CT molecular complexity index is 617. The number of phenols is 1. The smallest absolute Gasteiger partial charge is 0.134 e. The number of anilines is 2. The molecule has 0 radical (unpaired) electrons. The molecule has 0 aromatic heterocycles. The lowest BCUT2D eigenvalue weighted by Gasteiger charge is -2.19. The molecular formula is C15H16BrClN2O. The number of phenolic OH excluding ortho intramolecular Hbond substituents is 1. The number of rotatable bonds is 4. The predicted octanol–water partition coefficient (Wildman–Crippen LogP) is 4.49. The van der Waals surface area contributed by atoms with E-state index in [1.54, 1.807) is 0 Å². The van der Waals surface area contributed by atoms with Crippen LogP contribution in [0.3, 0.4) is 0 Å². The first-order chi connectivity index (χ1) is 9.49. The van der Waals surface area contributed by atoms with Gasteiger partial charge >= 0.3 is 0 Å². The zero-order valence-corrected chi connectivity index (χ0v) is 13.7. The van der Waals surface area contributed by atoms with Gasteiger partial charge in [0, 0.05) is 31.2 Å². The average molecular weight is 356 g/mol. The highest BCUT2D eigenvalue weighted by atomic mass is 79.9. The minimum atomic E-state index is 0.258. The van der Waals surface area contributed by atoms with Gasteiger partial charge in [-0.15, -0.1) is 0 Å². The SMILES string of the molecule is CN(C)c1ccc(Cl)cc1NCc1cccc(Br)c1O. The molecule has 2 N–H and O–H groups in total. The van der Waals surface area contributed by atoms with Crippen LogP contribution in [0.4, 0.5) is 11.4 Å². The van der Waals surface area contributed by atoms with Crippen LogP contribution in [-0.4, -0.2) is 19.2 Å². The van der Waals surface area contributed by atoms with Crippen molar-refractivity contribution in [1.29, 1.82) is 0 Å². The van der Waals surface area contributed by atoms with E-state index >= 15 is 0 Å². The monoisotopic (exact) mass is 354 g/mol. The molecule has 0 heterocycles. The van der Waals surface area contributed by atoms with E-state index in [0.29, 0.717) is 16.0 Å². The van der Waals surface area contributed by atoms with E-state index in [9.17, 15) is 5.11 Å². The Kier molecular flexibility index (Phi) is 4.78. The summed E-state index contributed by atoms with van der Waals surface area (Å²) in [5, 5.41) is 14.0. The van der Waals surface area contributed by atoms with Crippen molar-refractivity contribution < 1.29 is 5.11 Å². The van der Waals surface area contributed by atoms with Crippen LogP contribution in [0.25, 0.3) is 0 Å². The summed E-state index contributed by atoms with van der Waals surface area (Å²) >= 11 is 9.36. The molecule has 0 fully saturated rings. The first-order valence-corrected chi connectivity index (χ1v) is 7.33. The van der Waals surface area contributed by atoms with E-state index in [-0.39, 0.29) is 5.75 Å². The summed E-state index contributed by atoms with van der Waals surface area (Å²) in [4.78, 5) is 2.01. The Morgan fingerprint density at radius 1 is 1.25 bits per heavy atom. The van der Waals surface area contributed by atoms with E-state index in [2.05, 4.69) is 21.2 Å². The van der Waals surface area contributed by atoms with Crippen molar-refractivity contribution in [3.05, 3.63) is 51.5 Å². The first kappa shape index (κ1) is 15.0. The van der Waals surface area contributed by atoms with Gasteiger partial charge in [0.05, 0.1) is 15.8 Å². The molecule has 3 nitrogen and oxygen atoms in total. The predicted molar refractivity (Wildman–Crippen MR) is 88.9 cm³/mol. The number of benzene rings is 2. The molecule has 2 rings (SSSR count). The maximum atomic E-state index is 9.99. The molecule has 0 saturated heterocycles. The van der Waals surface area contributed by atoms with E-state index < -0.39 is 0 Å². The summed E-state index contributed by atoms with van der Waals surface area (Å²) < 4.78 is 0.690. The third kappa shape index (κ3) is 3.38. The number of nitrogens with zero attached hydrogens (tertiary/aromatic N) is 1. The summed E-state index contributed by atoms with van der Waals surface area (Å²) in [5.41, 5.74) is 2.80. The highest BCUT2D eigenvalue weighted by molar-refractivity contribution is 9.10. The van der Waals surface area contributed by atoms with Gasteiger partial charge in [-0.05, 0) is 40.2 Å². The van der Waals surface area contributed by atoms with Gasteiger partial charge in [0.25, 0.3) is 0 Å². The number of aromatic hydroxyl groups is 1. The lowest BCUT2D eigenvalue weighted by Crippen LogP contribution is -2.12.